The van der Waals surface area contributed by atoms with Crippen molar-refractivity contribution < 1.29 is 33.5 Å². The van der Waals surface area contributed by atoms with E-state index >= 15 is 0 Å². The van der Waals surface area contributed by atoms with E-state index in [9.17, 15) is 0 Å². The Labute approximate surface area is 229 Å². The molecule has 1 saturated carbocycles. The van der Waals surface area contributed by atoms with Crippen molar-refractivity contribution in [3.05, 3.63) is 23.4 Å². The van der Waals surface area contributed by atoms with Gasteiger partial charge in [-0.3, -0.25) is 0 Å². The molecule has 0 amide bonds. The van der Waals surface area contributed by atoms with Gasteiger partial charge in [-0.25, -0.2) is 14.5 Å². The molecular weight excluding hydrogens is 502 g/mol. The van der Waals surface area contributed by atoms with Crippen LogP contribution in [-0.2, 0) is 43.4 Å². The van der Waals surface area contributed by atoms with E-state index < -0.39 is 17.7 Å². The molecule has 4 saturated heterocycles. The summed E-state index contributed by atoms with van der Waals surface area (Å²) in [5.74, 6) is 1.91. The van der Waals surface area contributed by atoms with Gasteiger partial charge in [-0.2, -0.15) is 0 Å². The second-order valence-corrected chi connectivity index (χ2v) is 12.1. The maximum atomic E-state index is 6.56. The first kappa shape index (κ1) is 25.7. The molecular formula is C29H39N3O7. The number of aryl methyl sites for hydroxylation is 1. The predicted molar refractivity (Wildman–Crippen MR) is 139 cm³/mol. The lowest BCUT2D eigenvalue weighted by Gasteiger charge is -2.60. The summed E-state index contributed by atoms with van der Waals surface area (Å²) >= 11 is 0. The normalized spacial score (nSPS) is 38.4. The minimum atomic E-state index is -0.786. The van der Waals surface area contributed by atoms with Gasteiger partial charge in [0.1, 0.15) is 5.69 Å². The summed E-state index contributed by atoms with van der Waals surface area (Å²) in [6.07, 6.45) is 4.90. The number of rotatable bonds is 6. The van der Waals surface area contributed by atoms with Crippen LogP contribution in [0, 0.1) is 23.7 Å². The molecule has 5 heterocycles. The highest BCUT2D eigenvalue weighted by Gasteiger charge is 2.69. The van der Waals surface area contributed by atoms with Gasteiger partial charge in [0, 0.05) is 23.8 Å². The van der Waals surface area contributed by atoms with E-state index in [0.717, 1.165) is 54.8 Å². The highest BCUT2D eigenvalue weighted by molar-refractivity contribution is 5.72. The Bertz CT molecular complexity index is 1250. The average molecular weight is 542 g/mol. The minimum absolute atomic E-state index is 0.143. The SMILES string of the molecule is COc1cc2c(cc1OC)-c1nnn(CCO[C@@H]3O[C@@H]4O[C@@]5(C)CCC6[C@H](C)CC[C@@H]([C@H]3C)[C@]64OO5)c1CC2. The van der Waals surface area contributed by atoms with Gasteiger partial charge in [-0.15, -0.1) is 5.10 Å². The highest BCUT2D eigenvalue weighted by Crippen LogP contribution is 2.60. The molecule has 2 bridgehead atoms. The fourth-order valence-corrected chi connectivity index (χ4v) is 7.89. The van der Waals surface area contributed by atoms with Crippen molar-refractivity contribution in [1.82, 2.24) is 15.0 Å². The topological polar surface area (TPSA) is 95.3 Å². The standard InChI is InChI=1S/C29H39N3O7/c1-16-6-8-21-17(2)26(36-27-29(21)20(16)10-11-28(3,37-27)38-39-29)35-13-12-32-22-9-7-18-14-23(33-4)24(34-5)15-19(18)25(22)30-31-32/h14-17,20-21,26-27H,6-13H2,1-5H3/t16-,17-,20?,21+,26-,27-,28-,29-/m1/s1. The van der Waals surface area contributed by atoms with E-state index in [-0.39, 0.29) is 18.1 Å². The zero-order valence-electron chi connectivity index (χ0n) is 23.5. The number of benzene rings is 1. The zero-order valence-corrected chi connectivity index (χ0v) is 23.5. The zero-order chi connectivity index (χ0) is 26.9. The summed E-state index contributed by atoms with van der Waals surface area (Å²) in [6, 6.07) is 4.04. The molecule has 5 fully saturated rings. The Morgan fingerprint density at radius 1 is 1.03 bits per heavy atom. The number of hydrogen-bond donors (Lipinski definition) is 0. The quantitative estimate of drug-likeness (QED) is 0.497. The summed E-state index contributed by atoms with van der Waals surface area (Å²) in [5.41, 5.74) is 3.68. The molecule has 1 unspecified atom stereocenters. The van der Waals surface area contributed by atoms with Crippen molar-refractivity contribution in [2.24, 2.45) is 23.7 Å². The predicted octanol–water partition coefficient (Wildman–Crippen LogP) is 4.29. The Morgan fingerprint density at radius 3 is 2.67 bits per heavy atom. The van der Waals surface area contributed by atoms with Crippen LogP contribution in [0.5, 0.6) is 11.5 Å². The molecule has 0 radical (unpaired) electrons. The van der Waals surface area contributed by atoms with Crippen molar-refractivity contribution in [2.75, 3.05) is 20.8 Å². The van der Waals surface area contributed by atoms with Gasteiger partial charge in [0.2, 0.25) is 5.79 Å². The number of nitrogens with zero attached hydrogens (tertiary/aromatic N) is 3. The van der Waals surface area contributed by atoms with Crippen LogP contribution in [0.4, 0.5) is 0 Å². The largest absolute Gasteiger partial charge is 0.493 e. The molecule has 1 spiro atoms. The van der Waals surface area contributed by atoms with Crippen LogP contribution >= 0.6 is 0 Å². The van der Waals surface area contributed by atoms with E-state index in [0.29, 0.717) is 30.7 Å². The van der Waals surface area contributed by atoms with Crippen LogP contribution in [0.3, 0.4) is 0 Å². The third-order valence-corrected chi connectivity index (χ3v) is 10.0. The van der Waals surface area contributed by atoms with Crippen LogP contribution in [0.25, 0.3) is 11.3 Å². The van der Waals surface area contributed by atoms with E-state index in [4.69, 9.17) is 33.5 Å². The van der Waals surface area contributed by atoms with E-state index in [2.05, 4.69) is 24.2 Å². The summed E-state index contributed by atoms with van der Waals surface area (Å²) in [7, 11) is 3.31. The number of fused-ring (bicyclic) bond motifs is 5. The third kappa shape index (κ3) is 3.86. The molecule has 8 atom stereocenters. The number of ether oxygens (including phenoxy) is 5. The maximum absolute atomic E-state index is 6.56. The minimum Gasteiger partial charge on any atom is -0.493 e. The van der Waals surface area contributed by atoms with Gasteiger partial charge >= 0.3 is 0 Å². The summed E-state index contributed by atoms with van der Waals surface area (Å²) in [5, 5.41) is 9.02. The fraction of sp³-hybridized carbons (Fsp3) is 0.724. The molecule has 212 valence electrons. The van der Waals surface area contributed by atoms with Gasteiger partial charge < -0.3 is 23.7 Å². The summed E-state index contributed by atoms with van der Waals surface area (Å²) in [6.45, 7) is 7.55. The first-order chi connectivity index (χ1) is 18.9. The Morgan fingerprint density at radius 2 is 1.85 bits per heavy atom. The van der Waals surface area contributed by atoms with Crippen molar-refractivity contribution in [2.45, 2.75) is 89.8 Å². The number of hydrogen-bond acceptors (Lipinski definition) is 9. The van der Waals surface area contributed by atoms with Crippen molar-refractivity contribution >= 4 is 0 Å². The molecule has 39 heavy (non-hydrogen) atoms. The van der Waals surface area contributed by atoms with Crippen LogP contribution in [0.15, 0.2) is 12.1 Å². The third-order valence-electron chi connectivity index (χ3n) is 10.0. The second kappa shape index (κ2) is 9.41. The second-order valence-electron chi connectivity index (χ2n) is 12.1. The Hall–Kier alpha value is -2.24. The van der Waals surface area contributed by atoms with E-state index in [1.54, 1.807) is 14.2 Å². The molecule has 10 heteroatoms. The van der Waals surface area contributed by atoms with Crippen LogP contribution in [0.1, 0.15) is 57.7 Å². The lowest BCUT2D eigenvalue weighted by molar-refractivity contribution is -0.577. The molecule has 10 nitrogen and oxygen atoms in total. The number of aromatic nitrogens is 3. The van der Waals surface area contributed by atoms with Crippen molar-refractivity contribution in [3.63, 3.8) is 0 Å². The summed E-state index contributed by atoms with van der Waals surface area (Å²) < 4.78 is 32.4. The fourth-order valence-electron chi connectivity index (χ4n) is 7.89. The molecule has 4 aliphatic heterocycles. The van der Waals surface area contributed by atoms with Gasteiger partial charge in [0.15, 0.2) is 29.7 Å². The first-order valence-corrected chi connectivity index (χ1v) is 14.4. The van der Waals surface area contributed by atoms with Crippen LogP contribution in [0.2, 0.25) is 0 Å². The molecule has 0 N–H and O–H groups in total. The van der Waals surface area contributed by atoms with E-state index in [1.165, 1.54) is 12.0 Å². The molecule has 1 aromatic heterocycles. The lowest BCUT2D eigenvalue weighted by atomic mass is 9.58. The van der Waals surface area contributed by atoms with Gasteiger partial charge in [-0.05, 0) is 68.6 Å². The molecule has 8 rings (SSSR count). The Balaban J connectivity index is 1.07. The molecule has 1 aromatic carbocycles. The first-order valence-electron chi connectivity index (χ1n) is 14.4. The van der Waals surface area contributed by atoms with Gasteiger partial charge in [-0.1, -0.05) is 19.1 Å². The highest BCUT2D eigenvalue weighted by atomic mass is 17.3. The maximum Gasteiger partial charge on any atom is 0.201 e. The lowest BCUT2D eigenvalue weighted by Crippen LogP contribution is -2.70. The van der Waals surface area contributed by atoms with Crippen molar-refractivity contribution in [1.29, 1.82) is 0 Å². The van der Waals surface area contributed by atoms with Crippen LogP contribution < -0.4 is 9.47 Å². The molecule has 2 aromatic rings. The average Bonchev–Trinajstić information content (AvgIpc) is 3.22. The van der Waals surface area contributed by atoms with Crippen molar-refractivity contribution in [3.8, 4) is 22.8 Å². The monoisotopic (exact) mass is 541 g/mol. The van der Waals surface area contributed by atoms with E-state index in [1.807, 2.05) is 23.7 Å². The molecule has 2 aliphatic carbocycles. The summed E-state index contributed by atoms with van der Waals surface area (Å²) in [4.78, 5) is 12.2. The van der Waals surface area contributed by atoms with Gasteiger partial charge in [0.05, 0.1) is 33.1 Å². The number of methoxy groups -OCH3 is 2. The smallest absolute Gasteiger partial charge is 0.201 e. The van der Waals surface area contributed by atoms with Crippen LogP contribution in [-0.4, -0.2) is 59.8 Å². The molecule has 6 aliphatic rings. The Kier molecular flexibility index (Phi) is 6.20. The van der Waals surface area contributed by atoms with Gasteiger partial charge in [0.25, 0.3) is 0 Å².